The molecule has 0 aliphatic heterocycles. The lowest BCUT2D eigenvalue weighted by Gasteiger charge is -2.11. The molecule has 0 atom stereocenters. The Hall–Kier alpha value is -2.60. The average molecular weight is 325 g/mol. The zero-order chi connectivity index (χ0) is 16.2. The van der Waals surface area contributed by atoms with Crippen LogP contribution >= 0.6 is 11.8 Å². The number of ether oxygens (including phenoxy) is 1. The molecule has 3 rings (SSSR count). The fraction of sp³-hybridized carbons (Fsp3) is 0.118. The maximum absolute atomic E-state index is 12.1. The van der Waals surface area contributed by atoms with Crippen molar-refractivity contribution in [3.63, 3.8) is 0 Å². The Balaban J connectivity index is 1.92. The molecule has 23 heavy (non-hydrogen) atoms. The van der Waals surface area contributed by atoms with Crippen molar-refractivity contribution in [2.24, 2.45) is 0 Å². The molecule has 0 amide bonds. The van der Waals surface area contributed by atoms with Crippen LogP contribution in [0.1, 0.15) is 11.4 Å². The second kappa shape index (κ2) is 6.66. The van der Waals surface area contributed by atoms with Gasteiger partial charge in [-0.2, -0.15) is 4.73 Å². The summed E-state index contributed by atoms with van der Waals surface area (Å²) < 4.78 is 6.69. The SMILES string of the molecule is Cc1ncccc1Oc1cc(Sc2ccccn2)c[n+]([O-])c1C. The molecule has 0 aliphatic rings. The first-order valence-electron chi connectivity index (χ1n) is 7.05. The molecule has 0 aliphatic carbocycles. The van der Waals surface area contributed by atoms with E-state index in [2.05, 4.69) is 9.97 Å². The summed E-state index contributed by atoms with van der Waals surface area (Å²) in [5, 5.41) is 12.9. The third-order valence-corrected chi connectivity index (χ3v) is 4.15. The molecule has 0 radical (unpaired) electrons. The highest BCUT2D eigenvalue weighted by Crippen LogP contribution is 2.31. The molecule has 0 bridgehead atoms. The second-order valence-electron chi connectivity index (χ2n) is 4.91. The molecule has 0 saturated carbocycles. The van der Waals surface area contributed by atoms with Gasteiger partial charge in [-0.05, 0) is 31.2 Å². The summed E-state index contributed by atoms with van der Waals surface area (Å²) in [6.45, 7) is 3.59. The van der Waals surface area contributed by atoms with E-state index in [0.29, 0.717) is 17.2 Å². The summed E-state index contributed by atoms with van der Waals surface area (Å²) in [4.78, 5) is 9.21. The van der Waals surface area contributed by atoms with E-state index in [9.17, 15) is 5.21 Å². The Labute approximate surface area is 138 Å². The van der Waals surface area contributed by atoms with E-state index < -0.39 is 0 Å². The Morgan fingerprint density at radius 3 is 2.61 bits per heavy atom. The summed E-state index contributed by atoms with van der Waals surface area (Å²) in [7, 11) is 0. The minimum absolute atomic E-state index is 0.499. The maximum atomic E-state index is 12.1. The zero-order valence-electron chi connectivity index (χ0n) is 12.8. The number of aryl methyl sites for hydroxylation is 1. The summed E-state index contributed by atoms with van der Waals surface area (Å²) >= 11 is 1.41. The van der Waals surface area contributed by atoms with E-state index in [1.165, 1.54) is 18.0 Å². The van der Waals surface area contributed by atoms with Crippen LogP contribution in [0.4, 0.5) is 0 Å². The van der Waals surface area contributed by atoms with Gasteiger partial charge in [-0.1, -0.05) is 17.8 Å². The molecule has 0 N–H and O–H groups in total. The van der Waals surface area contributed by atoms with Gasteiger partial charge in [-0.25, -0.2) is 4.98 Å². The van der Waals surface area contributed by atoms with Crippen LogP contribution < -0.4 is 9.47 Å². The maximum Gasteiger partial charge on any atom is 0.232 e. The van der Waals surface area contributed by atoms with Crippen molar-refractivity contribution in [2.75, 3.05) is 0 Å². The predicted molar refractivity (Wildman–Crippen MR) is 87.5 cm³/mol. The van der Waals surface area contributed by atoms with Gasteiger partial charge in [0.25, 0.3) is 0 Å². The van der Waals surface area contributed by atoms with Crippen LogP contribution in [0, 0.1) is 19.1 Å². The summed E-state index contributed by atoms with van der Waals surface area (Å²) in [6.07, 6.45) is 4.95. The highest BCUT2D eigenvalue weighted by Gasteiger charge is 2.15. The van der Waals surface area contributed by atoms with Gasteiger partial charge < -0.3 is 9.94 Å². The highest BCUT2D eigenvalue weighted by molar-refractivity contribution is 7.99. The first-order chi connectivity index (χ1) is 11.1. The topological polar surface area (TPSA) is 62.0 Å². The van der Waals surface area contributed by atoms with Crippen molar-refractivity contribution in [3.8, 4) is 11.5 Å². The average Bonchev–Trinajstić information content (AvgIpc) is 2.55. The zero-order valence-corrected chi connectivity index (χ0v) is 13.6. The second-order valence-corrected chi connectivity index (χ2v) is 6.00. The Morgan fingerprint density at radius 2 is 1.87 bits per heavy atom. The molecule has 0 unspecified atom stereocenters. The first kappa shape index (κ1) is 15.3. The minimum atomic E-state index is 0.499. The lowest BCUT2D eigenvalue weighted by Crippen LogP contribution is -2.30. The fourth-order valence-corrected chi connectivity index (χ4v) is 2.79. The number of aromatic nitrogens is 3. The predicted octanol–water partition coefficient (Wildman–Crippen LogP) is 3.67. The third-order valence-electron chi connectivity index (χ3n) is 3.24. The van der Waals surface area contributed by atoms with E-state index in [-0.39, 0.29) is 0 Å². The van der Waals surface area contributed by atoms with Crippen LogP contribution in [-0.4, -0.2) is 9.97 Å². The van der Waals surface area contributed by atoms with E-state index >= 15 is 0 Å². The van der Waals surface area contributed by atoms with Gasteiger partial charge in [-0.3, -0.25) is 4.98 Å². The van der Waals surface area contributed by atoms with Gasteiger partial charge in [0.2, 0.25) is 5.69 Å². The van der Waals surface area contributed by atoms with Gasteiger partial charge in [0, 0.05) is 25.4 Å². The first-order valence-corrected chi connectivity index (χ1v) is 7.87. The Kier molecular flexibility index (Phi) is 4.43. The van der Waals surface area contributed by atoms with E-state index in [1.54, 1.807) is 25.4 Å². The van der Waals surface area contributed by atoms with Crippen molar-refractivity contribution < 1.29 is 9.47 Å². The largest absolute Gasteiger partial charge is 0.618 e. The summed E-state index contributed by atoms with van der Waals surface area (Å²) in [5.74, 6) is 1.15. The van der Waals surface area contributed by atoms with Crippen molar-refractivity contribution in [2.45, 2.75) is 23.8 Å². The van der Waals surface area contributed by atoms with Gasteiger partial charge >= 0.3 is 0 Å². The lowest BCUT2D eigenvalue weighted by atomic mass is 10.3. The molecular weight excluding hydrogens is 310 g/mol. The number of hydrogen-bond donors (Lipinski definition) is 0. The lowest BCUT2D eigenvalue weighted by molar-refractivity contribution is -0.614. The number of nitrogens with zero attached hydrogens (tertiary/aromatic N) is 3. The quantitative estimate of drug-likeness (QED) is 0.541. The number of rotatable bonds is 4. The Morgan fingerprint density at radius 1 is 1.04 bits per heavy atom. The van der Waals surface area contributed by atoms with Crippen LogP contribution in [-0.2, 0) is 0 Å². The van der Waals surface area contributed by atoms with Gasteiger partial charge in [0.1, 0.15) is 10.8 Å². The van der Waals surface area contributed by atoms with Crippen molar-refractivity contribution in [1.82, 2.24) is 9.97 Å². The highest BCUT2D eigenvalue weighted by atomic mass is 32.2. The minimum Gasteiger partial charge on any atom is -0.618 e. The Bertz CT molecular complexity index is 825. The molecule has 0 saturated heterocycles. The molecule has 0 fully saturated rings. The normalized spacial score (nSPS) is 10.5. The van der Waals surface area contributed by atoms with Crippen LogP contribution in [0.15, 0.2) is 64.9 Å². The smallest absolute Gasteiger partial charge is 0.232 e. The van der Waals surface area contributed by atoms with Crippen molar-refractivity contribution >= 4 is 11.8 Å². The van der Waals surface area contributed by atoms with E-state index in [0.717, 1.165) is 20.3 Å². The molecule has 6 heteroatoms. The molecule has 5 nitrogen and oxygen atoms in total. The molecule has 3 aromatic rings. The van der Waals surface area contributed by atoms with Crippen LogP contribution in [0.3, 0.4) is 0 Å². The van der Waals surface area contributed by atoms with Gasteiger partial charge in [0.15, 0.2) is 11.9 Å². The molecular formula is C17H15N3O2S. The standard InChI is InChI=1S/C17H15N3O2S/c1-12-15(6-5-9-18-12)22-16-10-14(11-20(21)13(16)2)23-17-7-3-4-8-19-17/h3-11H,1-2H3. The van der Waals surface area contributed by atoms with E-state index in [1.807, 2.05) is 37.3 Å². The fourth-order valence-electron chi connectivity index (χ4n) is 1.98. The summed E-state index contributed by atoms with van der Waals surface area (Å²) in [5.41, 5.74) is 1.27. The monoisotopic (exact) mass is 325 g/mol. The van der Waals surface area contributed by atoms with E-state index in [4.69, 9.17) is 4.74 Å². The van der Waals surface area contributed by atoms with Gasteiger partial charge in [0.05, 0.1) is 10.6 Å². The van der Waals surface area contributed by atoms with Gasteiger partial charge in [-0.15, -0.1) is 0 Å². The molecule has 0 spiro atoms. The van der Waals surface area contributed by atoms with Crippen LogP contribution in [0.2, 0.25) is 0 Å². The van der Waals surface area contributed by atoms with Crippen LogP contribution in [0.5, 0.6) is 11.5 Å². The molecule has 0 aromatic carbocycles. The molecule has 3 aromatic heterocycles. The van der Waals surface area contributed by atoms with Crippen molar-refractivity contribution in [3.05, 3.63) is 71.6 Å². The number of hydrogen-bond acceptors (Lipinski definition) is 5. The van der Waals surface area contributed by atoms with Crippen molar-refractivity contribution in [1.29, 1.82) is 0 Å². The summed E-state index contributed by atoms with van der Waals surface area (Å²) in [6, 6.07) is 11.1. The number of pyridine rings is 3. The van der Waals surface area contributed by atoms with Crippen LogP contribution in [0.25, 0.3) is 0 Å². The molecule has 3 heterocycles. The molecule has 116 valence electrons. The third kappa shape index (κ3) is 3.60.